The summed E-state index contributed by atoms with van der Waals surface area (Å²) in [5, 5.41) is 4.96. The smallest absolute Gasteiger partial charge is 0.230 e. The average Bonchev–Trinajstić information content (AvgIpc) is 3.02. The van der Waals surface area contributed by atoms with Gasteiger partial charge in [0, 0.05) is 49.7 Å². The molecule has 26 heavy (non-hydrogen) atoms. The van der Waals surface area contributed by atoms with E-state index in [1.807, 2.05) is 29.2 Å². The molecule has 2 saturated heterocycles. The van der Waals surface area contributed by atoms with Crippen molar-refractivity contribution in [3.8, 4) is 0 Å². The molecule has 1 atom stereocenters. The molecule has 1 unspecified atom stereocenters. The van der Waals surface area contributed by atoms with Crippen LogP contribution in [-0.2, 0) is 4.79 Å². The zero-order valence-electron chi connectivity index (χ0n) is 14.7. The Kier molecular flexibility index (Phi) is 4.98. The number of halogens is 1. The minimum absolute atomic E-state index is 0.0486. The van der Waals surface area contributed by atoms with E-state index in [-0.39, 0.29) is 11.8 Å². The van der Waals surface area contributed by atoms with Crippen molar-refractivity contribution in [2.75, 3.05) is 49.1 Å². The fourth-order valence-electron chi connectivity index (χ4n) is 3.86. The van der Waals surface area contributed by atoms with Crippen LogP contribution in [0.5, 0.6) is 0 Å². The van der Waals surface area contributed by atoms with E-state index >= 15 is 0 Å². The number of carbonyl (C=O) groups is 1. The number of carbonyl (C=O) groups excluding carboxylic acids is 1. The number of anilines is 2. The van der Waals surface area contributed by atoms with Gasteiger partial charge in [-0.1, -0.05) is 11.6 Å². The maximum absolute atomic E-state index is 12.6. The Morgan fingerprint density at radius 3 is 2.81 bits per heavy atom. The number of fused-ring (bicyclic) bond motifs is 1. The van der Waals surface area contributed by atoms with Crippen molar-refractivity contribution < 1.29 is 4.79 Å². The highest BCUT2D eigenvalue weighted by atomic mass is 35.5. The Balaban J connectivity index is 1.63. The van der Waals surface area contributed by atoms with E-state index in [2.05, 4.69) is 10.2 Å². The largest absolute Gasteiger partial charge is 0.353 e. The Labute approximate surface area is 158 Å². The standard InChI is InChI=1S/C19H24ClN5O/c20-16-12-14-11-15(25-8-4-13(3-5-21)19(25)26)1-2-17(14)23-18(16)24-9-6-22-7-10-24/h1-2,11-13,22H,3-10,21H2. The Morgan fingerprint density at radius 2 is 2.04 bits per heavy atom. The molecule has 2 aliphatic rings. The highest BCUT2D eigenvalue weighted by Gasteiger charge is 2.31. The van der Waals surface area contributed by atoms with Gasteiger partial charge in [0.2, 0.25) is 5.91 Å². The molecule has 0 bridgehead atoms. The lowest BCUT2D eigenvalue weighted by Gasteiger charge is -2.29. The van der Waals surface area contributed by atoms with Gasteiger partial charge in [0.15, 0.2) is 0 Å². The van der Waals surface area contributed by atoms with Crippen molar-refractivity contribution in [1.29, 1.82) is 0 Å². The van der Waals surface area contributed by atoms with Crippen LogP contribution in [0.4, 0.5) is 11.5 Å². The molecule has 0 radical (unpaired) electrons. The van der Waals surface area contributed by atoms with E-state index in [0.29, 0.717) is 11.6 Å². The summed E-state index contributed by atoms with van der Waals surface area (Å²) in [7, 11) is 0. The first-order valence-corrected chi connectivity index (χ1v) is 9.62. The summed E-state index contributed by atoms with van der Waals surface area (Å²) in [5.41, 5.74) is 7.43. The third-order valence-corrected chi connectivity index (χ3v) is 5.57. The number of hydrogen-bond acceptors (Lipinski definition) is 5. The minimum atomic E-state index is 0.0486. The predicted octanol–water partition coefficient (Wildman–Crippen LogP) is 2.00. The van der Waals surface area contributed by atoms with Crippen LogP contribution in [0.15, 0.2) is 24.3 Å². The van der Waals surface area contributed by atoms with Gasteiger partial charge in [-0.2, -0.15) is 0 Å². The van der Waals surface area contributed by atoms with Gasteiger partial charge in [0.1, 0.15) is 5.82 Å². The van der Waals surface area contributed by atoms with Crippen LogP contribution in [0.2, 0.25) is 5.02 Å². The molecule has 6 nitrogen and oxygen atoms in total. The molecule has 0 spiro atoms. The number of aromatic nitrogens is 1. The second kappa shape index (κ2) is 7.39. The molecule has 0 aliphatic carbocycles. The van der Waals surface area contributed by atoms with Gasteiger partial charge in [0.05, 0.1) is 10.5 Å². The van der Waals surface area contributed by atoms with Crippen LogP contribution >= 0.6 is 11.6 Å². The predicted molar refractivity (Wildman–Crippen MR) is 106 cm³/mol. The van der Waals surface area contributed by atoms with E-state index in [0.717, 1.165) is 68.0 Å². The number of piperazine rings is 1. The first-order valence-electron chi connectivity index (χ1n) is 9.25. The SMILES string of the molecule is NCCC1CCN(c2ccc3nc(N4CCNCC4)c(Cl)cc3c2)C1=O. The molecule has 138 valence electrons. The van der Waals surface area contributed by atoms with Crippen molar-refractivity contribution in [2.45, 2.75) is 12.8 Å². The quantitative estimate of drug-likeness (QED) is 0.857. The average molecular weight is 374 g/mol. The molecule has 7 heteroatoms. The Bertz CT molecular complexity index is 821. The fourth-order valence-corrected chi connectivity index (χ4v) is 4.14. The molecular weight excluding hydrogens is 350 g/mol. The summed E-state index contributed by atoms with van der Waals surface area (Å²) in [6.45, 7) is 4.99. The van der Waals surface area contributed by atoms with E-state index in [1.165, 1.54) is 0 Å². The summed E-state index contributed by atoms with van der Waals surface area (Å²) in [4.78, 5) is 21.4. The molecular formula is C19H24ClN5O. The summed E-state index contributed by atoms with van der Waals surface area (Å²) in [5.74, 6) is 1.06. The van der Waals surface area contributed by atoms with Gasteiger partial charge in [-0.05, 0) is 43.7 Å². The summed E-state index contributed by atoms with van der Waals surface area (Å²) < 4.78 is 0. The first-order chi connectivity index (χ1) is 12.7. The number of pyridine rings is 1. The van der Waals surface area contributed by atoms with E-state index in [4.69, 9.17) is 22.3 Å². The van der Waals surface area contributed by atoms with E-state index < -0.39 is 0 Å². The second-order valence-corrected chi connectivity index (χ2v) is 7.37. The number of amides is 1. The number of nitrogens with one attached hydrogen (secondary N) is 1. The maximum Gasteiger partial charge on any atom is 0.230 e. The van der Waals surface area contributed by atoms with E-state index in [1.54, 1.807) is 0 Å². The lowest BCUT2D eigenvalue weighted by atomic mass is 10.0. The maximum atomic E-state index is 12.6. The molecule has 0 saturated carbocycles. The third-order valence-electron chi connectivity index (χ3n) is 5.29. The minimum Gasteiger partial charge on any atom is -0.353 e. The molecule has 3 N–H and O–H groups in total. The van der Waals surface area contributed by atoms with Gasteiger partial charge >= 0.3 is 0 Å². The summed E-state index contributed by atoms with van der Waals surface area (Å²) in [6, 6.07) is 7.94. The van der Waals surface area contributed by atoms with Gasteiger partial charge in [-0.3, -0.25) is 4.79 Å². The summed E-state index contributed by atoms with van der Waals surface area (Å²) in [6.07, 6.45) is 1.62. The fraction of sp³-hybridized carbons (Fsp3) is 0.474. The molecule has 1 amide bonds. The normalized spacial score (nSPS) is 21.0. The molecule has 2 fully saturated rings. The van der Waals surface area contributed by atoms with Crippen LogP contribution in [0.1, 0.15) is 12.8 Å². The molecule has 2 aliphatic heterocycles. The lowest BCUT2D eigenvalue weighted by Crippen LogP contribution is -2.44. The van der Waals surface area contributed by atoms with Crippen molar-refractivity contribution in [1.82, 2.24) is 10.3 Å². The summed E-state index contributed by atoms with van der Waals surface area (Å²) >= 11 is 6.52. The second-order valence-electron chi connectivity index (χ2n) is 6.96. The highest BCUT2D eigenvalue weighted by molar-refractivity contribution is 6.33. The molecule has 4 rings (SSSR count). The van der Waals surface area contributed by atoms with Gasteiger partial charge < -0.3 is 20.9 Å². The highest BCUT2D eigenvalue weighted by Crippen LogP contribution is 2.32. The van der Waals surface area contributed by atoms with Gasteiger partial charge in [0.25, 0.3) is 0 Å². The van der Waals surface area contributed by atoms with Crippen molar-refractivity contribution >= 4 is 39.9 Å². The topological polar surface area (TPSA) is 74.5 Å². The molecule has 2 aromatic rings. The number of nitrogens with zero attached hydrogens (tertiary/aromatic N) is 3. The van der Waals surface area contributed by atoms with Crippen molar-refractivity contribution in [3.05, 3.63) is 29.3 Å². The number of hydrogen-bond donors (Lipinski definition) is 2. The van der Waals surface area contributed by atoms with Crippen molar-refractivity contribution in [3.63, 3.8) is 0 Å². The lowest BCUT2D eigenvalue weighted by molar-refractivity contribution is -0.120. The van der Waals surface area contributed by atoms with Crippen LogP contribution < -0.4 is 20.9 Å². The van der Waals surface area contributed by atoms with Crippen LogP contribution in [-0.4, -0.2) is 50.2 Å². The van der Waals surface area contributed by atoms with E-state index in [9.17, 15) is 4.79 Å². The molecule has 1 aromatic carbocycles. The van der Waals surface area contributed by atoms with Crippen molar-refractivity contribution in [2.24, 2.45) is 11.7 Å². The zero-order valence-corrected chi connectivity index (χ0v) is 15.5. The third kappa shape index (κ3) is 3.24. The Hall–Kier alpha value is -1.89. The van der Waals surface area contributed by atoms with Crippen LogP contribution in [0.25, 0.3) is 10.9 Å². The first kappa shape index (κ1) is 17.5. The van der Waals surface area contributed by atoms with Crippen LogP contribution in [0, 0.1) is 5.92 Å². The Morgan fingerprint density at radius 1 is 1.23 bits per heavy atom. The monoisotopic (exact) mass is 373 g/mol. The van der Waals surface area contributed by atoms with Gasteiger partial charge in [-0.15, -0.1) is 0 Å². The number of benzene rings is 1. The molecule has 3 heterocycles. The zero-order chi connectivity index (χ0) is 18.1. The number of rotatable bonds is 4. The molecule has 1 aromatic heterocycles. The van der Waals surface area contributed by atoms with Gasteiger partial charge in [-0.25, -0.2) is 4.98 Å². The van der Waals surface area contributed by atoms with Crippen LogP contribution in [0.3, 0.4) is 0 Å². The number of nitrogens with two attached hydrogens (primary N) is 1.